The largest absolute Gasteiger partial charge is 0.329 e. The first kappa shape index (κ1) is 13.8. The van der Waals surface area contributed by atoms with Crippen molar-refractivity contribution in [2.75, 3.05) is 39.3 Å². The van der Waals surface area contributed by atoms with Crippen molar-refractivity contribution in [2.45, 2.75) is 51.5 Å². The molecule has 0 aromatic carbocycles. The van der Waals surface area contributed by atoms with Gasteiger partial charge in [0, 0.05) is 44.8 Å². The summed E-state index contributed by atoms with van der Waals surface area (Å²) in [4.78, 5) is 5.41. The number of nitrogens with two attached hydrogens (primary N) is 1. The molecule has 1 heterocycles. The molecule has 2 saturated carbocycles. The van der Waals surface area contributed by atoms with Gasteiger partial charge in [-0.1, -0.05) is 13.8 Å². The smallest absolute Gasteiger partial charge is 0.0338 e. The van der Waals surface area contributed by atoms with Gasteiger partial charge in [0.05, 0.1) is 0 Å². The van der Waals surface area contributed by atoms with E-state index in [-0.39, 0.29) is 0 Å². The fraction of sp³-hybridized carbons (Fsp3) is 1.00. The lowest BCUT2D eigenvalue weighted by Gasteiger charge is -2.46. The number of nitrogens with zero attached hydrogens (tertiary/aromatic N) is 2. The average Bonchev–Trinajstić information content (AvgIpc) is 3.14. The molecule has 1 atom stereocenters. The molecule has 1 aliphatic heterocycles. The maximum atomic E-state index is 6.19. The summed E-state index contributed by atoms with van der Waals surface area (Å²) >= 11 is 0. The molecule has 0 radical (unpaired) electrons. The van der Waals surface area contributed by atoms with Crippen LogP contribution in [0.4, 0.5) is 0 Å². The Kier molecular flexibility index (Phi) is 3.65. The van der Waals surface area contributed by atoms with Crippen molar-refractivity contribution in [3.63, 3.8) is 0 Å². The zero-order valence-electron chi connectivity index (χ0n) is 12.8. The van der Waals surface area contributed by atoms with Gasteiger partial charge in [0.25, 0.3) is 0 Å². The van der Waals surface area contributed by atoms with Crippen LogP contribution in [0.1, 0.15) is 46.0 Å². The molecule has 0 amide bonds. The molecule has 1 saturated heterocycles. The molecule has 0 aromatic rings. The molecule has 3 nitrogen and oxygen atoms in total. The molecule has 0 aromatic heterocycles. The van der Waals surface area contributed by atoms with Gasteiger partial charge in [0.2, 0.25) is 0 Å². The molecule has 3 fully saturated rings. The molecule has 3 aliphatic rings. The third kappa shape index (κ3) is 2.98. The number of piperazine rings is 1. The minimum Gasteiger partial charge on any atom is -0.329 e. The summed E-state index contributed by atoms with van der Waals surface area (Å²) < 4.78 is 0. The lowest BCUT2D eigenvalue weighted by atomic mass is 9.86. The van der Waals surface area contributed by atoms with Crippen LogP contribution >= 0.6 is 0 Å². The van der Waals surface area contributed by atoms with Gasteiger partial charge in [-0.3, -0.25) is 4.90 Å². The highest BCUT2D eigenvalue weighted by Crippen LogP contribution is 2.46. The van der Waals surface area contributed by atoms with Gasteiger partial charge >= 0.3 is 0 Å². The standard InChI is InChI=1S/C16H31N3/c1-15(2)5-6-16(12-15,13-17)19-9-7-18(8-10-19)11-14-3-4-14/h14H,3-13,17H2,1-2H3. The van der Waals surface area contributed by atoms with Crippen LogP contribution in [-0.2, 0) is 0 Å². The Labute approximate surface area is 118 Å². The molecule has 0 spiro atoms. The minimum atomic E-state index is 0.315. The summed E-state index contributed by atoms with van der Waals surface area (Å²) in [5, 5.41) is 0. The Hall–Kier alpha value is -0.120. The first-order chi connectivity index (χ1) is 9.03. The van der Waals surface area contributed by atoms with Crippen molar-refractivity contribution in [2.24, 2.45) is 17.1 Å². The molecule has 3 heteroatoms. The van der Waals surface area contributed by atoms with Gasteiger partial charge in [-0.25, -0.2) is 0 Å². The summed E-state index contributed by atoms with van der Waals surface area (Å²) in [6.07, 6.45) is 6.88. The van der Waals surface area contributed by atoms with Gasteiger partial charge in [-0.15, -0.1) is 0 Å². The quantitative estimate of drug-likeness (QED) is 0.843. The van der Waals surface area contributed by atoms with Crippen LogP contribution in [0.3, 0.4) is 0 Å². The summed E-state index contributed by atoms with van der Waals surface area (Å²) in [5.41, 5.74) is 7.00. The van der Waals surface area contributed by atoms with Crippen LogP contribution in [0.2, 0.25) is 0 Å². The molecule has 1 unspecified atom stereocenters. The third-order valence-corrected chi connectivity index (χ3v) is 5.71. The summed E-state index contributed by atoms with van der Waals surface area (Å²) in [5.74, 6) is 1.03. The minimum absolute atomic E-state index is 0.315. The van der Waals surface area contributed by atoms with Crippen molar-refractivity contribution in [1.82, 2.24) is 9.80 Å². The van der Waals surface area contributed by atoms with Crippen LogP contribution in [0.15, 0.2) is 0 Å². The molecule has 0 bridgehead atoms. The van der Waals surface area contributed by atoms with Crippen LogP contribution in [-0.4, -0.2) is 54.6 Å². The maximum Gasteiger partial charge on any atom is 0.0338 e. The second-order valence-electron chi connectivity index (χ2n) is 8.00. The predicted molar refractivity (Wildman–Crippen MR) is 80.2 cm³/mol. The maximum absolute atomic E-state index is 6.19. The van der Waals surface area contributed by atoms with Gasteiger partial charge in [0.15, 0.2) is 0 Å². The molecule has 2 aliphatic carbocycles. The summed E-state index contributed by atoms with van der Waals surface area (Å²) in [7, 11) is 0. The lowest BCUT2D eigenvalue weighted by Crippen LogP contribution is -2.59. The first-order valence-corrected chi connectivity index (χ1v) is 8.21. The van der Waals surface area contributed by atoms with Crippen LogP contribution in [0.25, 0.3) is 0 Å². The van der Waals surface area contributed by atoms with E-state index in [1.807, 2.05) is 0 Å². The monoisotopic (exact) mass is 265 g/mol. The van der Waals surface area contributed by atoms with Crippen LogP contribution < -0.4 is 5.73 Å². The highest BCUT2D eigenvalue weighted by molar-refractivity contribution is 5.03. The van der Waals surface area contributed by atoms with Gasteiger partial charge in [-0.05, 0) is 43.4 Å². The van der Waals surface area contributed by atoms with Gasteiger partial charge in [-0.2, -0.15) is 0 Å². The average molecular weight is 265 g/mol. The summed E-state index contributed by atoms with van der Waals surface area (Å²) in [6.45, 7) is 12.0. The van der Waals surface area contributed by atoms with E-state index in [4.69, 9.17) is 5.73 Å². The molecule has 2 N–H and O–H groups in total. The van der Waals surface area contributed by atoms with E-state index < -0.39 is 0 Å². The van der Waals surface area contributed by atoms with E-state index in [2.05, 4.69) is 23.6 Å². The van der Waals surface area contributed by atoms with Gasteiger partial charge in [0.1, 0.15) is 0 Å². The second kappa shape index (κ2) is 5.01. The van der Waals surface area contributed by atoms with E-state index in [0.29, 0.717) is 11.0 Å². The molecule has 3 rings (SSSR count). The number of hydrogen-bond donors (Lipinski definition) is 1. The van der Waals surface area contributed by atoms with Crippen LogP contribution in [0, 0.1) is 11.3 Å². The fourth-order valence-electron chi connectivity index (χ4n) is 4.28. The molecule has 19 heavy (non-hydrogen) atoms. The fourth-order valence-corrected chi connectivity index (χ4v) is 4.28. The van der Waals surface area contributed by atoms with Crippen molar-refractivity contribution in [3.05, 3.63) is 0 Å². The van der Waals surface area contributed by atoms with Crippen LogP contribution in [0.5, 0.6) is 0 Å². The number of rotatable bonds is 4. The van der Waals surface area contributed by atoms with E-state index in [1.165, 1.54) is 64.8 Å². The Balaban J connectivity index is 1.57. The Morgan fingerprint density at radius 1 is 1.05 bits per heavy atom. The van der Waals surface area contributed by atoms with Crippen molar-refractivity contribution < 1.29 is 0 Å². The Morgan fingerprint density at radius 3 is 2.21 bits per heavy atom. The SMILES string of the molecule is CC1(C)CCC(CN)(N2CCN(CC3CC3)CC2)C1. The Morgan fingerprint density at radius 2 is 1.74 bits per heavy atom. The lowest BCUT2D eigenvalue weighted by molar-refractivity contribution is 0.0324. The molecular formula is C16H31N3. The first-order valence-electron chi connectivity index (χ1n) is 8.21. The normalized spacial score (nSPS) is 36.8. The zero-order chi connectivity index (χ0) is 13.5. The predicted octanol–water partition coefficient (Wildman–Crippen LogP) is 1.92. The van der Waals surface area contributed by atoms with E-state index in [1.54, 1.807) is 0 Å². The van der Waals surface area contributed by atoms with Crippen molar-refractivity contribution in [1.29, 1.82) is 0 Å². The van der Waals surface area contributed by atoms with E-state index in [9.17, 15) is 0 Å². The molecular weight excluding hydrogens is 234 g/mol. The summed E-state index contributed by atoms with van der Waals surface area (Å²) in [6, 6.07) is 0. The second-order valence-corrected chi connectivity index (χ2v) is 8.00. The van der Waals surface area contributed by atoms with Crippen molar-refractivity contribution in [3.8, 4) is 0 Å². The number of hydrogen-bond acceptors (Lipinski definition) is 3. The van der Waals surface area contributed by atoms with Gasteiger partial charge < -0.3 is 10.6 Å². The molecule has 110 valence electrons. The third-order valence-electron chi connectivity index (χ3n) is 5.71. The topological polar surface area (TPSA) is 32.5 Å². The van der Waals surface area contributed by atoms with Crippen molar-refractivity contribution >= 4 is 0 Å². The Bertz CT molecular complexity index is 316. The highest BCUT2D eigenvalue weighted by atomic mass is 15.3. The van der Waals surface area contributed by atoms with E-state index in [0.717, 1.165) is 12.5 Å². The van der Waals surface area contributed by atoms with E-state index >= 15 is 0 Å². The highest BCUT2D eigenvalue weighted by Gasteiger charge is 2.46. The zero-order valence-corrected chi connectivity index (χ0v) is 12.8.